The van der Waals surface area contributed by atoms with Gasteiger partial charge in [0.05, 0.1) is 0 Å². The van der Waals surface area contributed by atoms with Crippen LogP contribution < -0.4 is 10.6 Å². The van der Waals surface area contributed by atoms with E-state index in [4.69, 9.17) is 0 Å². The Hall–Kier alpha value is -0.920. The molecule has 0 bridgehead atoms. The predicted octanol–water partition coefficient (Wildman–Crippen LogP) is 3.59. The number of carbonyl (C=O) groups excluding carboxylic acids is 1. The summed E-state index contributed by atoms with van der Waals surface area (Å²) in [5, 5.41) is 6.20. The Labute approximate surface area is 137 Å². The van der Waals surface area contributed by atoms with Gasteiger partial charge in [0.2, 0.25) is 0 Å². The first-order chi connectivity index (χ1) is 9.85. The molecule has 0 saturated carbocycles. The van der Waals surface area contributed by atoms with Crippen LogP contribution in [0.5, 0.6) is 0 Å². The van der Waals surface area contributed by atoms with Crippen LogP contribution in [0.2, 0.25) is 0 Å². The highest BCUT2D eigenvalue weighted by Crippen LogP contribution is 2.36. The normalized spacial score (nSPS) is 21.8. The average molecular weight is 355 g/mol. The molecule has 3 nitrogen and oxygen atoms in total. The zero-order valence-corrected chi connectivity index (χ0v) is 13.6. The molecule has 0 radical (unpaired) electrons. The van der Waals surface area contributed by atoms with Crippen LogP contribution in [0.15, 0.2) is 29.2 Å². The van der Waals surface area contributed by atoms with Gasteiger partial charge in [-0.2, -0.15) is 13.2 Å². The first-order valence-electron chi connectivity index (χ1n) is 6.75. The van der Waals surface area contributed by atoms with Gasteiger partial charge in [-0.15, -0.1) is 12.4 Å². The van der Waals surface area contributed by atoms with Crippen molar-refractivity contribution in [3.63, 3.8) is 0 Å². The van der Waals surface area contributed by atoms with Gasteiger partial charge in [-0.3, -0.25) is 4.79 Å². The molecule has 0 spiro atoms. The van der Waals surface area contributed by atoms with Crippen LogP contribution in [0.3, 0.4) is 0 Å². The molecule has 124 valence electrons. The monoisotopic (exact) mass is 354 g/mol. The number of nitrogens with one attached hydrogen (secondary N) is 2. The zero-order valence-electron chi connectivity index (χ0n) is 11.9. The second kappa shape index (κ2) is 8.08. The summed E-state index contributed by atoms with van der Waals surface area (Å²) in [7, 11) is 0. The molecular formula is C14H18ClF3N2OS. The van der Waals surface area contributed by atoms with Crippen LogP contribution in [0.25, 0.3) is 0 Å². The van der Waals surface area contributed by atoms with E-state index in [1.165, 1.54) is 24.3 Å². The van der Waals surface area contributed by atoms with Gasteiger partial charge in [0.1, 0.15) is 0 Å². The molecule has 2 N–H and O–H groups in total. The van der Waals surface area contributed by atoms with E-state index in [1.807, 2.05) is 6.92 Å². The molecule has 1 aliphatic rings. The van der Waals surface area contributed by atoms with Crippen molar-refractivity contribution in [3.8, 4) is 0 Å². The molecule has 8 heteroatoms. The lowest BCUT2D eigenvalue weighted by Crippen LogP contribution is -2.51. The Bertz CT molecular complexity index is 496. The minimum atomic E-state index is -4.31. The number of hydrogen-bond acceptors (Lipinski definition) is 3. The maximum atomic E-state index is 12.2. The smallest absolute Gasteiger partial charge is 0.348 e. The van der Waals surface area contributed by atoms with Crippen molar-refractivity contribution in [3.05, 3.63) is 29.8 Å². The highest BCUT2D eigenvalue weighted by Gasteiger charge is 2.29. The maximum Gasteiger partial charge on any atom is 0.446 e. The number of thioether (sulfide) groups is 1. The van der Waals surface area contributed by atoms with E-state index in [0.29, 0.717) is 5.56 Å². The van der Waals surface area contributed by atoms with E-state index in [2.05, 4.69) is 10.6 Å². The standard InChI is InChI=1S/C14H17F3N2OS.ClH/c1-9-12(3-2-8-18-9)19-13(20)10-4-6-11(7-5-10)21-14(15,16)17;/h4-7,9,12,18H,2-3,8H2,1H3,(H,19,20);1H. The van der Waals surface area contributed by atoms with Crippen molar-refractivity contribution >= 4 is 30.1 Å². The van der Waals surface area contributed by atoms with Crippen molar-refractivity contribution in [1.29, 1.82) is 0 Å². The summed E-state index contributed by atoms with van der Waals surface area (Å²) in [5.74, 6) is -0.251. The third-order valence-corrected chi connectivity index (χ3v) is 4.17. The van der Waals surface area contributed by atoms with Crippen LogP contribution in [-0.2, 0) is 0 Å². The lowest BCUT2D eigenvalue weighted by Gasteiger charge is -2.30. The van der Waals surface area contributed by atoms with Crippen molar-refractivity contribution in [2.24, 2.45) is 0 Å². The molecule has 1 aromatic carbocycles. The van der Waals surface area contributed by atoms with E-state index in [-0.39, 0.29) is 47.1 Å². The summed E-state index contributed by atoms with van der Waals surface area (Å²) in [6, 6.07) is 5.72. The summed E-state index contributed by atoms with van der Waals surface area (Å²) in [4.78, 5) is 12.2. The van der Waals surface area contributed by atoms with Gasteiger partial charge in [-0.25, -0.2) is 0 Å². The molecule has 2 unspecified atom stereocenters. The number of piperidine rings is 1. The molecule has 1 amide bonds. The van der Waals surface area contributed by atoms with Crippen LogP contribution in [0.1, 0.15) is 30.1 Å². The Kier molecular flexibility index (Phi) is 7.02. The van der Waals surface area contributed by atoms with Gasteiger partial charge in [0.15, 0.2) is 0 Å². The average Bonchev–Trinajstić information content (AvgIpc) is 2.40. The molecular weight excluding hydrogens is 337 g/mol. The van der Waals surface area contributed by atoms with Gasteiger partial charge in [0, 0.05) is 22.5 Å². The quantitative estimate of drug-likeness (QED) is 0.815. The zero-order chi connectivity index (χ0) is 15.5. The van der Waals surface area contributed by atoms with E-state index in [1.54, 1.807) is 0 Å². The minimum absolute atomic E-state index is 0. The first kappa shape index (κ1) is 19.1. The van der Waals surface area contributed by atoms with Gasteiger partial charge in [-0.1, -0.05) is 0 Å². The lowest BCUT2D eigenvalue weighted by molar-refractivity contribution is -0.0328. The molecule has 0 aromatic heterocycles. The third kappa shape index (κ3) is 5.70. The highest BCUT2D eigenvalue weighted by molar-refractivity contribution is 8.00. The lowest BCUT2D eigenvalue weighted by atomic mass is 9.99. The van der Waals surface area contributed by atoms with Crippen molar-refractivity contribution in [1.82, 2.24) is 10.6 Å². The van der Waals surface area contributed by atoms with Crippen molar-refractivity contribution in [2.75, 3.05) is 6.54 Å². The Morgan fingerprint density at radius 3 is 2.50 bits per heavy atom. The first-order valence-corrected chi connectivity index (χ1v) is 7.57. The van der Waals surface area contributed by atoms with Crippen LogP contribution in [0.4, 0.5) is 13.2 Å². The van der Waals surface area contributed by atoms with Gasteiger partial charge in [0.25, 0.3) is 5.91 Å². The summed E-state index contributed by atoms with van der Waals surface area (Å²) < 4.78 is 36.7. The number of carbonyl (C=O) groups is 1. The molecule has 1 aliphatic heterocycles. The third-order valence-electron chi connectivity index (χ3n) is 3.43. The number of benzene rings is 1. The summed E-state index contributed by atoms with van der Waals surface area (Å²) in [6.07, 6.45) is 1.90. The molecule has 0 aliphatic carbocycles. The highest BCUT2D eigenvalue weighted by atomic mass is 35.5. The Morgan fingerprint density at radius 1 is 1.32 bits per heavy atom. The van der Waals surface area contributed by atoms with E-state index < -0.39 is 5.51 Å². The van der Waals surface area contributed by atoms with Crippen molar-refractivity contribution < 1.29 is 18.0 Å². The summed E-state index contributed by atoms with van der Waals surface area (Å²) >= 11 is -0.184. The molecule has 22 heavy (non-hydrogen) atoms. The number of alkyl halides is 3. The number of rotatable bonds is 3. The van der Waals surface area contributed by atoms with E-state index in [9.17, 15) is 18.0 Å². The molecule has 1 aromatic rings. The topological polar surface area (TPSA) is 41.1 Å². The van der Waals surface area contributed by atoms with Crippen LogP contribution in [-0.4, -0.2) is 30.0 Å². The second-order valence-electron chi connectivity index (χ2n) is 5.04. The molecule has 1 fully saturated rings. The second-order valence-corrected chi connectivity index (χ2v) is 6.18. The summed E-state index contributed by atoms with van der Waals surface area (Å²) in [5.41, 5.74) is -3.94. The molecule has 2 atom stereocenters. The van der Waals surface area contributed by atoms with Gasteiger partial charge < -0.3 is 10.6 Å². The predicted molar refractivity (Wildman–Crippen MR) is 83.6 cm³/mol. The van der Waals surface area contributed by atoms with Crippen LogP contribution in [0, 0.1) is 0 Å². The Morgan fingerprint density at radius 2 is 1.95 bits per heavy atom. The number of halogens is 4. The van der Waals surface area contributed by atoms with Gasteiger partial charge >= 0.3 is 5.51 Å². The maximum absolute atomic E-state index is 12.2. The van der Waals surface area contributed by atoms with Crippen LogP contribution >= 0.6 is 24.2 Å². The van der Waals surface area contributed by atoms with E-state index >= 15 is 0 Å². The largest absolute Gasteiger partial charge is 0.446 e. The summed E-state index contributed by atoms with van der Waals surface area (Å²) in [6.45, 7) is 2.95. The number of amides is 1. The van der Waals surface area contributed by atoms with E-state index in [0.717, 1.165) is 19.4 Å². The minimum Gasteiger partial charge on any atom is -0.348 e. The molecule has 1 heterocycles. The fraction of sp³-hybridized carbons (Fsp3) is 0.500. The fourth-order valence-electron chi connectivity index (χ4n) is 2.30. The number of hydrogen-bond donors (Lipinski definition) is 2. The molecule has 2 rings (SSSR count). The van der Waals surface area contributed by atoms with Gasteiger partial charge in [-0.05, 0) is 62.3 Å². The Balaban J connectivity index is 0.00000242. The van der Waals surface area contributed by atoms with Crippen molar-refractivity contribution in [2.45, 2.75) is 42.3 Å². The fourth-order valence-corrected chi connectivity index (χ4v) is 2.84. The molecule has 1 saturated heterocycles. The SMILES string of the molecule is CC1NCCCC1NC(=O)c1ccc(SC(F)(F)F)cc1.Cl.